The van der Waals surface area contributed by atoms with Gasteiger partial charge in [-0.25, -0.2) is 4.68 Å². The van der Waals surface area contributed by atoms with Gasteiger partial charge in [-0.15, -0.1) is 17.5 Å². The van der Waals surface area contributed by atoms with E-state index in [0.29, 0.717) is 24.6 Å². The normalized spacial score (nSPS) is 12.2. The van der Waals surface area contributed by atoms with E-state index >= 15 is 0 Å². The Kier molecular flexibility index (Phi) is 8.93. The number of hydrogen-bond donors (Lipinski definition) is 1. The van der Waals surface area contributed by atoms with Crippen LogP contribution in [-0.2, 0) is 24.8 Å². The molecule has 176 valence electrons. The number of fused-ring (bicyclic) bond motifs is 1. The van der Waals surface area contributed by atoms with Gasteiger partial charge in [-0.2, -0.15) is 0 Å². The summed E-state index contributed by atoms with van der Waals surface area (Å²) in [5, 5.41) is 15.6. The molecular formula is C22H27ClN6O3S. The Labute approximate surface area is 203 Å². The van der Waals surface area contributed by atoms with E-state index < -0.39 is 0 Å². The smallest absolute Gasteiger partial charge is 0.264 e. The Morgan fingerprint density at radius 2 is 2.06 bits per heavy atom. The van der Waals surface area contributed by atoms with Gasteiger partial charge in [-0.3, -0.25) is 4.79 Å². The van der Waals surface area contributed by atoms with E-state index in [4.69, 9.17) is 9.47 Å². The van der Waals surface area contributed by atoms with Crippen molar-refractivity contribution in [1.82, 2.24) is 25.5 Å². The van der Waals surface area contributed by atoms with Gasteiger partial charge in [-0.1, -0.05) is 36.0 Å². The first kappa shape index (κ1) is 24.8. The maximum absolute atomic E-state index is 12.7. The van der Waals surface area contributed by atoms with Gasteiger partial charge in [0.25, 0.3) is 5.91 Å². The maximum Gasteiger partial charge on any atom is 0.264 e. The van der Waals surface area contributed by atoms with Crippen LogP contribution in [0.25, 0.3) is 0 Å². The molecule has 1 N–H and O–H groups in total. The van der Waals surface area contributed by atoms with Crippen LogP contribution in [0.15, 0.2) is 47.6 Å². The van der Waals surface area contributed by atoms with Crippen molar-refractivity contribution >= 4 is 35.8 Å². The van der Waals surface area contributed by atoms with Crippen molar-refractivity contribution in [3.63, 3.8) is 0 Å². The summed E-state index contributed by atoms with van der Waals surface area (Å²) in [6.07, 6.45) is 0.876. The molecule has 0 fully saturated rings. The third-order valence-electron chi connectivity index (χ3n) is 5.19. The van der Waals surface area contributed by atoms with Crippen molar-refractivity contribution in [3.8, 4) is 11.5 Å². The molecule has 0 unspecified atom stereocenters. The Hall–Kier alpha value is -2.82. The lowest BCUT2D eigenvalue weighted by atomic mass is 10.2. The van der Waals surface area contributed by atoms with Crippen LogP contribution in [0.1, 0.15) is 11.1 Å². The number of carbonyl (C=O) groups is 1. The van der Waals surface area contributed by atoms with Gasteiger partial charge in [0.15, 0.2) is 18.1 Å². The van der Waals surface area contributed by atoms with E-state index in [-0.39, 0.29) is 24.9 Å². The number of halogens is 1. The van der Waals surface area contributed by atoms with Crippen molar-refractivity contribution in [1.29, 1.82) is 0 Å². The second-order valence-electron chi connectivity index (χ2n) is 7.31. The highest BCUT2D eigenvalue weighted by Gasteiger charge is 2.24. The van der Waals surface area contributed by atoms with Gasteiger partial charge >= 0.3 is 0 Å². The lowest BCUT2D eigenvalue weighted by Crippen LogP contribution is -2.33. The molecule has 11 heteroatoms. The second-order valence-corrected chi connectivity index (χ2v) is 8.37. The Bertz CT molecular complexity index is 1080. The van der Waals surface area contributed by atoms with Gasteiger partial charge in [-0.05, 0) is 46.2 Å². The highest BCUT2D eigenvalue weighted by atomic mass is 35.5. The summed E-state index contributed by atoms with van der Waals surface area (Å²) in [6.45, 7) is 2.16. The number of hydrogen-bond acceptors (Lipinski definition) is 8. The standard InChI is InChI=1S/C22H26N6O3S.ClH/c1-27-22(24-25-26-27)32-12-10-23-14-16-7-8-19(20(13-16)30-2)31-15-21(29)28-11-9-17-5-3-4-6-18(17)28;/h3-8,13,23H,9-12,14-15H2,1-2H3;1H. The minimum atomic E-state index is -0.0571. The number of rotatable bonds is 10. The number of tetrazole rings is 1. The molecule has 4 rings (SSSR count). The Morgan fingerprint density at radius 1 is 1.21 bits per heavy atom. The molecule has 1 aromatic heterocycles. The minimum absolute atomic E-state index is 0. The van der Waals surface area contributed by atoms with Gasteiger partial charge in [0.1, 0.15) is 0 Å². The summed E-state index contributed by atoms with van der Waals surface area (Å²) in [4.78, 5) is 14.5. The molecule has 9 nitrogen and oxygen atoms in total. The molecule has 2 aromatic carbocycles. The zero-order valence-electron chi connectivity index (χ0n) is 18.6. The van der Waals surface area contributed by atoms with Crippen molar-refractivity contribution in [2.45, 2.75) is 18.1 Å². The summed E-state index contributed by atoms with van der Waals surface area (Å²) in [5.41, 5.74) is 3.24. The van der Waals surface area contributed by atoms with Crippen LogP contribution in [0.4, 0.5) is 5.69 Å². The summed E-state index contributed by atoms with van der Waals surface area (Å²) < 4.78 is 12.9. The summed E-state index contributed by atoms with van der Waals surface area (Å²) in [7, 11) is 3.42. The number of thioether (sulfide) groups is 1. The number of aromatic nitrogens is 4. The van der Waals surface area contributed by atoms with E-state index in [9.17, 15) is 4.79 Å². The Morgan fingerprint density at radius 3 is 2.85 bits per heavy atom. The average Bonchev–Trinajstić information content (AvgIpc) is 3.43. The third kappa shape index (κ3) is 6.16. The number of methoxy groups -OCH3 is 1. The fourth-order valence-electron chi connectivity index (χ4n) is 3.55. The number of nitrogens with one attached hydrogen (secondary N) is 1. The van der Waals surface area contributed by atoms with Crippen molar-refractivity contribution in [3.05, 3.63) is 53.6 Å². The fraction of sp³-hybridized carbons (Fsp3) is 0.364. The monoisotopic (exact) mass is 490 g/mol. The van der Waals surface area contributed by atoms with Gasteiger partial charge < -0.3 is 19.7 Å². The van der Waals surface area contributed by atoms with Crippen LogP contribution < -0.4 is 19.7 Å². The number of anilines is 1. The lowest BCUT2D eigenvalue weighted by molar-refractivity contribution is -0.120. The number of aryl methyl sites for hydroxylation is 1. The maximum atomic E-state index is 12.7. The first-order valence-electron chi connectivity index (χ1n) is 10.4. The zero-order chi connectivity index (χ0) is 22.3. The molecule has 0 spiro atoms. The first-order chi connectivity index (χ1) is 15.7. The van der Waals surface area contributed by atoms with E-state index in [2.05, 4.69) is 26.9 Å². The molecule has 1 amide bonds. The van der Waals surface area contributed by atoms with Crippen LogP contribution in [-0.4, -0.2) is 58.7 Å². The molecule has 0 radical (unpaired) electrons. The average molecular weight is 491 g/mol. The number of carbonyl (C=O) groups excluding carboxylic acids is 1. The van der Waals surface area contributed by atoms with E-state index in [1.54, 1.807) is 28.5 Å². The van der Waals surface area contributed by atoms with Gasteiger partial charge in [0.2, 0.25) is 5.16 Å². The summed E-state index contributed by atoms with van der Waals surface area (Å²) >= 11 is 1.60. The molecule has 0 saturated carbocycles. The molecule has 2 heterocycles. The second kappa shape index (κ2) is 11.9. The number of nitrogens with zero attached hydrogens (tertiary/aromatic N) is 5. The molecular weight excluding hydrogens is 464 g/mol. The molecule has 1 aliphatic heterocycles. The largest absolute Gasteiger partial charge is 0.493 e. The summed E-state index contributed by atoms with van der Waals surface area (Å²) in [5.74, 6) is 1.97. The predicted molar refractivity (Wildman–Crippen MR) is 129 cm³/mol. The van der Waals surface area contributed by atoms with Crippen LogP contribution in [0.2, 0.25) is 0 Å². The molecule has 1 aliphatic rings. The Balaban J connectivity index is 0.00000306. The molecule has 0 aliphatic carbocycles. The number of ether oxygens (including phenoxy) is 2. The van der Waals surface area contributed by atoms with Gasteiger partial charge in [0.05, 0.1) is 7.11 Å². The minimum Gasteiger partial charge on any atom is -0.493 e. The molecule has 3 aromatic rings. The van der Waals surface area contributed by atoms with Crippen molar-refractivity contribution in [2.24, 2.45) is 7.05 Å². The molecule has 0 saturated heterocycles. The van der Waals surface area contributed by atoms with E-state index in [1.807, 2.05) is 43.4 Å². The number of amides is 1. The van der Waals surface area contributed by atoms with Crippen molar-refractivity contribution < 1.29 is 14.3 Å². The SMILES string of the molecule is COc1cc(CNCCSc2nnnn2C)ccc1OCC(=O)N1CCc2ccccc21.Cl. The first-order valence-corrected chi connectivity index (χ1v) is 11.4. The number of benzene rings is 2. The quantitative estimate of drug-likeness (QED) is 0.342. The molecule has 33 heavy (non-hydrogen) atoms. The zero-order valence-corrected chi connectivity index (χ0v) is 20.2. The lowest BCUT2D eigenvalue weighted by Gasteiger charge is -2.18. The number of para-hydroxylation sites is 1. The fourth-order valence-corrected chi connectivity index (χ4v) is 4.29. The topological polar surface area (TPSA) is 94.4 Å². The molecule has 0 bridgehead atoms. The summed E-state index contributed by atoms with van der Waals surface area (Å²) in [6, 6.07) is 13.7. The van der Waals surface area contributed by atoms with E-state index in [0.717, 1.165) is 35.1 Å². The third-order valence-corrected chi connectivity index (χ3v) is 6.20. The molecule has 0 atom stereocenters. The van der Waals surface area contributed by atoms with Crippen LogP contribution >= 0.6 is 24.2 Å². The van der Waals surface area contributed by atoms with Crippen molar-refractivity contribution in [2.75, 3.05) is 37.5 Å². The highest BCUT2D eigenvalue weighted by Crippen LogP contribution is 2.30. The predicted octanol–water partition coefficient (Wildman–Crippen LogP) is 2.49. The van der Waals surface area contributed by atoms with Crippen LogP contribution in [0.5, 0.6) is 11.5 Å². The van der Waals surface area contributed by atoms with Crippen LogP contribution in [0, 0.1) is 0 Å². The highest BCUT2D eigenvalue weighted by molar-refractivity contribution is 7.99. The van der Waals surface area contributed by atoms with E-state index in [1.165, 1.54) is 5.56 Å². The van der Waals surface area contributed by atoms with Gasteiger partial charge in [0, 0.05) is 38.1 Å². The van der Waals surface area contributed by atoms with Crippen LogP contribution in [0.3, 0.4) is 0 Å².